The number of benzene rings is 1. The lowest BCUT2D eigenvalue weighted by Gasteiger charge is -2.04. The maximum absolute atomic E-state index is 6.17. The van der Waals surface area contributed by atoms with Gasteiger partial charge in [-0.05, 0) is 49.6 Å². The maximum Gasteiger partial charge on any atom is 0.134 e. The molecule has 2 rings (SSSR count). The molecule has 0 aliphatic carbocycles. The molecule has 80 valence electrons. The zero-order valence-corrected chi connectivity index (χ0v) is 9.26. The van der Waals surface area contributed by atoms with E-state index >= 15 is 0 Å². The Morgan fingerprint density at radius 3 is 2.87 bits per heavy atom. The lowest BCUT2D eigenvalue weighted by Crippen LogP contribution is -1.99. The Hall–Kier alpha value is -0.990. The van der Waals surface area contributed by atoms with Crippen molar-refractivity contribution in [2.45, 2.75) is 19.3 Å². The molecule has 0 radical (unpaired) electrons. The highest BCUT2D eigenvalue weighted by Crippen LogP contribution is 2.28. The molecule has 0 atom stereocenters. The summed E-state index contributed by atoms with van der Waals surface area (Å²) in [6.45, 7) is 0.735. The minimum absolute atomic E-state index is 0.735. The van der Waals surface area contributed by atoms with Crippen LogP contribution in [0.1, 0.15) is 18.4 Å². The summed E-state index contributed by atoms with van der Waals surface area (Å²) in [5.41, 5.74) is 7.55. The normalized spacial score (nSPS) is 11.1. The van der Waals surface area contributed by atoms with Crippen molar-refractivity contribution in [3.63, 3.8) is 0 Å². The van der Waals surface area contributed by atoms with Crippen LogP contribution in [0.5, 0.6) is 0 Å². The van der Waals surface area contributed by atoms with E-state index in [1.165, 1.54) is 5.56 Å². The predicted octanol–water partition coefficient (Wildman–Crippen LogP) is 3.37. The lowest BCUT2D eigenvalue weighted by molar-refractivity contribution is 0.615. The number of furan rings is 1. The van der Waals surface area contributed by atoms with E-state index in [9.17, 15) is 0 Å². The molecule has 2 N–H and O–H groups in total. The molecule has 0 amide bonds. The Morgan fingerprint density at radius 1 is 1.20 bits per heavy atom. The van der Waals surface area contributed by atoms with Gasteiger partial charge < -0.3 is 10.2 Å². The number of rotatable bonds is 4. The van der Waals surface area contributed by atoms with E-state index in [1.54, 1.807) is 6.26 Å². The van der Waals surface area contributed by atoms with Crippen molar-refractivity contribution in [3.8, 4) is 0 Å². The van der Waals surface area contributed by atoms with Crippen molar-refractivity contribution in [1.82, 2.24) is 0 Å². The van der Waals surface area contributed by atoms with Crippen LogP contribution in [0.25, 0.3) is 11.0 Å². The number of nitrogens with two attached hydrogens (primary N) is 1. The SMILES string of the molecule is NCCCCc1c(Cl)ccc2occc12. The molecule has 2 aromatic rings. The monoisotopic (exact) mass is 223 g/mol. The van der Waals surface area contributed by atoms with Gasteiger partial charge in [0.15, 0.2) is 0 Å². The maximum atomic E-state index is 6.17. The minimum atomic E-state index is 0.735. The second kappa shape index (κ2) is 4.69. The number of aryl methyl sites for hydroxylation is 1. The summed E-state index contributed by atoms with van der Waals surface area (Å²) in [6.07, 6.45) is 4.77. The van der Waals surface area contributed by atoms with E-state index in [-0.39, 0.29) is 0 Å². The third kappa shape index (κ3) is 2.16. The molecule has 0 bridgehead atoms. The molecular formula is C12H14ClNO. The van der Waals surface area contributed by atoms with Gasteiger partial charge in [0.25, 0.3) is 0 Å². The molecule has 0 unspecified atom stereocenters. The molecule has 0 fully saturated rings. The van der Waals surface area contributed by atoms with Crippen LogP contribution in [-0.4, -0.2) is 6.54 Å². The van der Waals surface area contributed by atoms with Crippen molar-refractivity contribution in [2.24, 2.45) is 5.73 Å². The van der Waals surface area contributed by atoms with Crippen molar-refractivity contribution < 1.29 is 4.42 Å². The van der Waals surface area contributed by atoms with Gasteiger partial charge in [0.2, 0.25) is 0 Å². The first kappa shape index (κ1) is 10.5. The number of hydrogen-bond donors (Lipinski definition) is 1. The van der Waals surface area contributed by atoms with E-state index < -0.39 is 0 Å². The largest absolute Gasteiger partial charge is 0.464 e. The molecule has 0 saturated carbocycles. The molecular weight excluding hydrogens is 210 g/mol. The van der Waals surface area contributed by atoms with Gasteiger partial charge in [0, 0.05) is 10.4 Å². The Labute approximate surface area is 94.0 Å². The highest BCUT2D eigenvalue weighted by atomic mass is 35.5. The van der Waals surface area contributed by atoms with Crippen molar-refractivity contribution in [3.05, 3.63) is 35.0 Å². The Kier molecular flexibility index (Phi) is 3.29. The molecule has 0 aliphatic heterocycles. The van der Waals surface area contributed by atoms with E-state index in [2.05, 4.69) is 0 Å². The van der Waals surface area contributed by atoms with E-state index in [0.717, 1.165) is 41.8 Å². The third-order valence-corrected chi connectivity index (χ3v) is 2.92. The second-order valence-electron chi connectivity index (χ2n) is 3.60. The Morgan fingerprint density at radius 2 is 2.07 bits per heavy atom. The molecule has 1 aromatic heterocycles. The van der Waals surface area contributed by atoms with Gasteiger partial charge in [-0.25, -0.2) is 0 Å². The lowest BCUT2D eigenvalue weighted by atomic mass is 10.0. The average molecular weight is 224 g/mol. The van der Waals surface area contributed by atoms with E-state index in [4.69, 9.17) is 21.8 Å². The van der Waals surface area contributed by atoms with Crippen LogP contribution in [-0.2, 0) is 6.42 Å². The molecule has 0 saturated heterocycles. The summed E-state index contributed by atoms with van der Waals surface area (Å²) in [4.78, 5) is 0. The van der Waals surface area contributed by atoms with Crippen molar-refractivity contribution >= 4 is 22.6 Å². The van der Waals surface area contributed by atoms with Gasteiger partial charge in [-0.2, -0.15) is 0 Å². The van der Waals surface area contributed by atoms with Gasteiger partial charge in [-0.3, -0.25) is 0 Å². The standard InChI is InChI=1S/C12H14ClNO/c13-11-4-5-12-10(6-8-15-12)9(11)3-1-2-7-14/h4-6,8H,1-3,7,14H2. The molecule has 1 heterocycles. The zero-order chi connectivity index (χ0) is 10.7. The molecule has 2 nitrogen and oxygen atoms in total. The van der Waals surface area contributed by atoms with Gasteiger partial charge >= 0.3 is 0 Å². The number of halogens is 1. The van der Waals surface area contributed by atoms with E-state index in [1.807, 2.05) is 18.2 Å². The zero-order valence-electron chi connectivity index (χ0n) is 8.50. The number of hydrogen-bond acceptors (Lipinski definition) is 2. The van der Waals surface area contributed by atoms with Crippen LogP contribution in [0, 0.1) is 0 Å². The van der Waals surface area contributed by atoms with Crippen LogP contribution in [0.2, 0.25) is 5.02 Å². The number of unbranched alkanes of at least 4 members (excludes halogenated alkanes) is 1. The average Bonchev–Trinajstić information content (AvgIpc) is 2.69. The summed E-state index contributed by atoms with van der Waals surface area (Å²) in [5, 5.41) is 1.94. The summed E-state index contributed by atoms with van der Waals surface area (Å²) >= 11 is 6.17. The summed E-state index contributed by atoms with van der Waals surface area (Å²) in [5.74, 6) is 0. The first-order chi connectivity index (χ1) is 7.33. The topological polar surface area (TPSA) is 39.2 Å². The first-order valence-electron chi connectivity index (χ1n) is 5.17. The molecule has 0 spiro atoms. The second-order valence-corrected chi connectivity index (χ2v) is 4.01. The fourth-order valence-corrected chi connectivity index (χ4v) is 2.04. The van der Waals surface area contributed by atoms with Crippen LogP contribution in [0.4, 0.5) is 0 Å². The van der Waals surface area contributed by atoms with Crippen LogP contribution < -0.4 is 5.73 Å². The highest BCUT2D eigenvalue weighted by molar-refractivity contribution is 6.32. The summed E-state index contributed by atoms with van der Waals surface area (Å²) in [6, 6.07) is 5.77. The molecule has 0 aliphatic rings. The van der Waals surface area contributed by atoms with Crippen LogP contribution >= 0.6 is 11.6 Å². The van der Waals surface area contributed by atoms with Gasteiger partial charge in [-0.15, -0.1) is 0 Å². The minimum Gasteiger partial charge on any atom is -0.464 e. The Balaban J connectivity index is 2.30. The fourth-order valence-electron chi connectivity index (χ4n) is 1.78. The summed E-state index contributed by atoms with van der Waals surface area (Å²) < 4.78 is 5.34. The van der Waals surface area contributed by atoms with Crippen LogP contribution in [0.15, 0.2) is 28.9 Å². The van der Waals surface area contributed by atoms with Crippen LogP contribution in [0.3, 0.4) is 0 Å². The quantitative estimate of drug-likeness (QED) is 0.808. The first-order valence-corrected chi connectivity index (χ1v) is 5.55. The van der Waals surface area contributed by atoms with Gasteiger partial charge in [0.05, 0.1) is 6.26 Å². The molecule has 3 heteroatoms. The van der Waals surface area contributed by atoms with Gasteiger partial charge in [-0.1, -0.05) is 11.6 Å². The predicted molar refractivity (Wildman–Crippen MR) is 63.2 cm³/mol. The smallest absolute Gasteiger partial charge is 0.134 e. The summed E-state index contributed by atoms with van der Waals surface area (Å²) in [7, 11) is 0. The third-order valence-electron chi connectivity index (χ3n) is 2.57. The van der Waals surface area contributed by atoms with Crippen molar-refractivity contribution in [1.29, 1.82) is 0 Å². The number of fused-ring (bicyclic) bond motifs is 1. The van der Waals surface area contributed by atoms with E-state index in [0.29, 0.717) is 0 Å². The van der Waals surface area contributed by atoms with Gasteiger partial charge in [0.1, 0.15) is 5.58 Å². The molecule has 1 aromatic carbocycles. The van der Waals surface area contributed by atoms with Crippen molar-refractivity contribution in [2.75, 3.05) is 6.54 Å². The fraction of sp³-hybridized carbons (Fsp3) is 0.333. The highest BCUT2D eigenvalue weighted by Gasteiger charge is 2.07. The Bertz CT molecular complexity index is 450. The molecule has 15 heavy (non-hydrogen) atoms.